The molecule has 0 spiro atoms. The van der Waals surface area contributed by atoms with Crippen molar-refractivity contribution in [2.24, 2.45) is 0 Å². The third-order valence-electron chi connectivity index (χ3n) is 5.33. The highest BCUT2D eigenvalue weighted by molar-refractivity contribution is 6.32. The molecule has 1 saturated heterocycles. The summed E-state index contributed by atoms with van der Waals surface area (Å²) in [6, 6.07) is 9.41. The predicted molar refractivity (Wildman–Crippen MR) is 111 cm³/mol. The maximum absolute atomic E-state index is 12.7. The van der Waals surface area contributed by atoms with Crippen LogP contribution in [0.15, 0.2) is 30.3 Å². The number of likely N-dealkylation sites (N-methyl/N-ethyl adjacent to an activating group) is 1. The normalized spacial score (nSPS) is 16.3. The van der Waals surface area contributed by atoms with Gasteiger partial charge in [-0.25, -0.2) is 0 Å². The lowest BCUT2D eigenvalue weighted by Gasteiger charge is -2.35. The number of anilines is 2. The van der Waals surface area contributed by atoms with Gasteiger partial charge in [0, 0.05) is 43.1 Å². The van der Waals surface area contributed by atoms with E-state index in [2.05, 4.69) is 34.2 Å². The number of nitrogens with zero attached hydrogens (tertiary/aromatic N) is 2. The Bertz CT molecular complexity index is 895. The van der Waals surface area contributed by atoms with Crippen molar-refractivity contribution in [3.63, 3.8) is 0 Å². The highest BCUT2D eigenvalue weighted by Crippen LogP contribution is 2.40. The number of halogens is 1. The fourth-order valence-electron chi connectivity index (χ4n) is 3.60. The van der Waals surface area contributed by atoms with Crippen LogP contribution in [0.2, 0.25) is 5.02 Å². The van der Waals surface area contributed by atoms with Gasteiger partial charge in [-0.05, 0) is 49.4 Å². The zero-order valence-corrected chi connectivity index (χ0v) is 16.9. The number of benzene rings is 2. The topological polar surface area (TPSA) is 54.0 Å². The number of nitrogens with one attached hydrogen (secondary N) is 1. The minimum atomic E-state index is -0.229. The van der Waals surface area contributed by atoms with Crippen LogP contribution in [0.25, 0.3) is 0 Å². The number of amides is 1. The first kappa shape index (κ1) is 18.9. The molecule has 0 radical (unpaired) electrons. The molecule has 0 bridgehead atoms. The first-order valence-electron chi connectivity index (χ1n) is 9.53. The van der Waals surface area contributed by atoms with Gasteiger partial charge in [0.1, 0.15) is 0 Å². The summed E-state index contributed by atoms with van der Waals surface area (Å²) in [5.41, 5.74) is 3.44. The molecule has 2 aromatic carbocycles. The van der Waals surface area contributed by atoms with Gasteiger partial charge in [0.15, 0.2) is 11.5 Å². The Kier molecular flexibility index (Phi) is 5.33. The first-order valence-corrected chi connectivity index (χ1v) is 9.91. The molecule has 2 aliphatic rings. The van der Waals surface area contributed by atoms with Crippen LogP contribution in [0.3, 0.4) is 0 Å². The van der Waals surface area contributed by atoms with Crippen molar-refractivity contribution < 1.29 is 14.3 Å². The largest absolute Gasteiger partial charge is 0.454 e. The van der Waals surface area contributed by atoms with E-state index in [0.717, 1.165) is 44.0 Å². The van der Waals surface area contributed by atoms with Gasteiger partial charge in [-0.1, -0.05) is 18.5 Å². The summed E-state index contributed by atoms with van der Waals surface area (Å²) in [5.74, 6) is 0.755. The predicted octanol–water partition coefficient (Wildman–Crippen LogP) is 3.77. The summed E-state index contributed by atoms with van der Waals surface area (Å²) in [4.78, 5) is 17.5. The molecular formula is C21H24ClN3O3. The standard InChI is InChI=1S/C21H24ClN3O3/c1-3-24-6-8-25(9-7-24)16-4-5-18(14(2)10-16)23-21(26)15-11-17(22)20-19(12-15)27-13-28-20/h4-5,10-12H,3,6-9,13H2,1-2H3,(H,23,26). The van der Waals surface area contributed by atoms with E-state index in [0.29, 0.717) is 22.1 Å². The van der Waals surface area contributed by atoms with E-state index in [9.17, 15) is 4.79 Å². The van der Waals surface area contributed by atoms with Crippen molar-refractivity contribution in [1.82, 2.24) is 4.90 Å². The van der Waals surface area contributed by atoms with E-state index < -0.39 is 0 Å². The lowest BCUT2D eigenvalue weighted by molar-refractivity contribution is 0.102. The summed E-state index contributed by atoms with van der Waals surface area (Å²) in [7, 11) is 0. The van der Waals surface area contributed by atoms with Crippen molar-refractivity contribution in [3.05, 3.63) is 46.5 Å². The van der Waals surface area contributed by atoms with E-state index in [-0.39, 0.29) is 12.7 Å². The summed E-state index contributed by atoms with van der Waals surface area (Å²) >= 11 is 6.19. The summed E-state index contributed by atoms with van der Waals surface area (Å²) in [6.45, 7) is 9.63. The summed E-state index contributed by atoms with van der Waals surface area (Å²) in [5, 5.41) is 3.34. The van der Waals surface area contributed by atoms with Crippen LogP contribution in [0, 0.1) is 6.92 Å². The van der Waals surface area contributed by atoms with Crippen molar-refractivity contribution in [3.8, 4) is 11.5 Å². The molecule has 1 fully saturated rings. The average molecular weight is 402 g/mol. The molecule has 0 atom stereocenters. The van der Waals surface area contributed by atoms with Crippen LogP contribution in [0.1, 0.15) is 22.8 Å². The second-order valence-corrected chi connectivity index (χ2v) is 7.47. The second-order valence-electron chi connectivity index (χ2n) is 7.07. The fourth-order valence-corrected chi connectivity index (χ4v) is 3.87. The van der Waals surface area contributed by atoms with Crippen molar-refractivity contribution >= 4 is 28.9 Å². The molecule has 2 aliphatic heterocycles. The molecule has 2 aromatic rings. The Morgan fingerprint density at radius 3 is 2.64 bits per heavy atom. The van der Waals surface area contributed by atoms with E-state index >= 15 is 0 Å². The van der Waals surface area contributed by atoms with Crippen LogP contribution < -0.4 is 19.7 Å². The number of carbonyl (C=O) groups excluding carboxylic acids is 1. The van der Waals surface area contributed by atoms with Crippen LogP contribution in [-0.2, 0) is 0 Å². The third kappa shape index (κ3) is 3.75. The summed E-state index contributed by atoms with van der Waals surface area (Å²) < 4.78 is 10.6. The monoisotopic (exact) mass is 401 g/mol. The molecule has 0 saturated carbocycles. The zero-order chi connectivity index (χ0) is 19.7. The SMILES string of the molecule is CCN1CCN(c2ccc(NC(=O)c3cc(Cl)c4c(c3)OCO4)c(C)c2)CC1. The molecule has 0 unspecified atom stereocenters. The fraction of sp³-hybridized carbons (Fsp3) is 0.381. The average Bonchev–Trinajstić information content (AvgIpc) is 3.19. The Morgan fingerprint density at radius 1 is 1.14 bits per heavy atom. The van der Waals surface area contributed by atoms with Crippen LogP contribution >= 0.6 is 11.6 Å². The number of rotatable bonds is 4. The van der Waals surface area contributed by atoms with Gasteiger partial charge in [-0.3, -0.25) is 4.79 Å². The highest BCUT2D eigenvalue weighted by Gasteiger charge is 2.21. The van der Waals surface area contributed by atoms with E-state index in [1.165, 1.54) is 5.69 Å². The first-order chi connectivity index (χ1) is 13.5. The lowest BCUT2D eigenvalue weighted by atomic mass is 10.1. The molecule has 0 aliphatic carbocycles. The Morgan fingerprint density at radius 2 is 1.93 bits per heavy atom. The van der Waals surface area contributed by atoms with Crippen LogP contribution in [-0.4, -0.2) is 50.3 Å². The number of carbonyl (C=O) groups is 1. The molecule has 7 heteroatoms. The van der Waals surface area contributed by atoms with E-state index in [4.69, 9.17) is 21.1 Å². The smallest absolute Gasteiger partial charge is 0.255 e. The van der Waals surface area contributed by atoms with Crippen LogP contribution in [0.5, 0.6) is 11.5 Å². The van der Waals surface area contributed by atoms with Gasteiger partial charge < -0.3 is 24.6 Å². The quantitative estimate of drug-likeness (QED) is 0.845. The number of ether oxygens (including phenoxy) is 2. The maximum atomic E-state index is 12.7. The molecule has 0 aromatic heterocycles. The van der Waals surface area contributed by atoms with E-state index in [1.807, 2.05) is 13.0 Å². The number of aryl methyl sites for hydroxylation is 1. The molecule has 6 nitrogen and oxygen atoms in total. The molecule has 2 heterocycles. The molecule has 148 valence electrons. The molecule has 1 N–H and O–H groups in total. The molecular weight excluding hydrogens is 378 g/mol. The number of fused-ring (bicyclic) bond motifs is 1. The Labute approximate surface area is 170 Å². The number of hydrogen-bond donors (Lipinski definition) is 1. The maximum Gasteiger partial charge on any atom is 0.255 e. The Balaban J connectivity index is 1.47. The molecule has 1 amide bonds. The minimum Gasteiger partial charge on any atom is -0.454 e. The van der Waals surface area contributed by atoms with Crippen molar-refractivity contribution in [1.29, 1.82) is 0 Å². The zero-order valence-electron chi connectivity index (χ0n) is 16.1. The van der Waals surface area contributed by atoms with Crippen LogP contribution in [0.4, 0.5) is 11.4 Å². The second kappa shape index (κ2) is 7.89. The van der Waals surface area contributed by atoms with Crippen molar-refractivity contribution in [2.45, 2.75) is 13.8 Å². The lowest BCUT2D eigenvalue weighted by Crippen LogP contribution is -2.46. The van der Waals surface area contributed by atoms with Gasteiger partial charge >= 0.3 is 0 Å². The van der Waals surface area contributed by atoms with Crippen molar-refractivity contribution in [2.75, 3.05) is 49.7 Å². The van der Waals surface area contributed by atoms with Gasteiger partial charge in [0.05, 0.1) is 5.02 Å². The Hall–Kier alpha value is -2.44. The van der Waals surface area contributed by atoms with Gasteiger partial charge in [-0.15, -0.1) is 0 Å². The highest BCUT2D eigenvalue weighted by atomic mass is 35.5. The third-order valence-corrected chi connectivity index (χ3v) is 5.61. The number of hydrogen-bond acceptors (Lipinski definition) is 5. The minimum absolute atomic E-state index is 0.118. The van der Waals surface area contributed by atoms with Gasteiger partial charge in [0.25, 0.3) is 5.91 Å². The number of piperazine rings is 1. The molecule has 4 rings (SSSR count). The van der Waals surface area contributed by atoms with Gasteiger partial charge in [-0.2, -0.15) is 0 Å². The van der Waals surface area contributed by atoms with E-state index in [1.54, 1.807) is 12.1 Å². The molecule has 28 heavy (non-hydrogen) atoms. The van der Waals surface area contributed by atoms with Gasteiger partial charge in [0.2, 0.25) is 6.79 Å². The summed E-state index contributed by atoms with van der Waals surface area (Å²) in [6.07, 6.45) is 0.